The molecule has 0 amide bonds. The van der Waals surface area contributed by atoms with Crippen molar-refractivity contribution in [1.82, 2.24) is 4.31 Å². The molecule has 128 valence electrons. The lowest BCUT2D eigenvalue weighted by Gasteiger charge is -2.24. The zero-order valence-corrected chi connectivity index (χ0v) is 14.5. The Kier molecular flexibility index (Phi) is 4.62. The van der Waals surface area contributed by atoms with Gasteiger partial charge < -0.3 is 9.84 Å². The van der Waals surface area contributed by atoms with Crippen LogP contribution >= 0.6 is 0 Å². The van der Waals surface area contributed by atoms with E-state index in [2.05, 4.69) is 0 Å². The Hall–Kier alpha value is -1.89. The zero-order valence-electron chi connectivity index (χ0n) is 13.7. The Balaban J connectivity index is 2.01. The first-order chi connectivity index (χ1) is 11.4. The highest BCUT2D eigenvalue weighted by molar-refractivity contribution is 7.89. The van der Waals surface area contributed by atoms with Crippen LogP contribution in [0.15, 0.2) is 53.4 Å². The van der Waals surface area contributed by atoms with E-state index in [4.69, 9.17) is 4.74 Å². The maximum atomic E-state index is 13.1. The minimum Gasteiger partial charge on any atom is -0.497 e. The molecule has 0 aliphatic carbocycles. The SMILES string of the molecule is COc1cccc([C@H]2C[C@@H](O)CN2S(=O)(=O)c2cccc(C)c2)c1. The number of sulfonamides is 1. The van der Waals surface area contributed by atoms with Crippen LogP contribution in [0.2, 0.25) is 0 Å². The number of hydrogen-bond acceptors (Lipinski definition) is 4. The van der Waals surface area contributed by atoms with Crippen molar-refractivity contribution >= 4 is 10.0 Å². The summed E-state index contributed by atoms with van der Waals surface area (Å²) in [6.07, 6.45) is -0.307. The summed E-state index contributed by atoms with van der Waals surface area (Å²) < 4.78 is 32.7. The third-order valence-corrected chi connectivity index (χ3v) is 6.18. The van der Waals surface area contributed by atoms with Gasteiger partial charge in [-0.3, -0.25) is 0 Å². The van der Waals surface area contributed by atoms with Crippen LogP contribution in [0.4, 0.5) is 0 Å². The minimum absolute atomic E-state index is 0.0954. The average Bonchev–Trinajstić information content (AvgIpc) is 2.97. The number of β-amino-alcohol motifs (C(OH)–C–C–N with tert-alkyl or cyclic N) is 1. The number of methoxy groups -OCH3 is 1. The van der Waals surface area contributed by atoms with E-state index in [9.17, 15) is 13.5 Å². The van der Waals surface area contributed by atoms with Gasteiger partial charge in [-0.25, -0.2) is 8.42 Å². The number of aryl methyl sites for hydroxylation is 1. The van der Waals surface area contributed by atoms with Crippen molar-refractivity contribution in [3.8, 4) is 5.75 Å². The number of aliphatic hydroxyl groups excluding tert-OH is 1. The van der Waals surface area contributed by atoms with Gasteiger partial charge in [-0.2, -0.15) is 4.31 Å². The normalized spacial score (nSPS) is 21.8. The lowest BCUT2D eigenvalue weighted by atomic mass is 10.0. The van der Waals surface area contributed by atoms with Gasteiger partial charge in [0.05, 0.1) is 24.2 Å². The van der Waals surface area contributed by atoms with Gasteiger partial charge >= 0.3 is 0 Å². The summed E-state index contributed by atoms with van der Waals surface area (Å²) in [5.74, 6) is 0.668. The van der Waals surface area contributed by atoms with Crippen LogP contribution in [0.3, 0.4) is 0 Å². The summed E-state index contributed by atoms with van der Waals surface area (Å²) in [5.41, 5.74) is 1.70. The van der Waals surface area contributed by atoms with Gasteiger partial charge in [0.15, 0.2) is 0 Å². The quantitative estimate of drug-likeness (QED) is 0.923. The van der Waals surface area contributed by atoms with Crippen molar-refractivity contribution in [2.75, 3.05) is 13.7 Å². The van der Waals surface area contributed by atoms with Crippen molar-refractivity contribution < 1.29 is 18.3 Å². The van der Waals surface area contributed by atoms with Crippen molar-refractivity contribution in [3.05, 3.63) is 59.7 Å². The van der Waals surface area contributed by atoms with Gasteiger partial charge in [0.2, 0.25) is 10.0 Å². The number of nitrogens with zero attached hydrogens (tertiary/aromatic N) is 1. The number of aliphatic hydroxyl groups is 1. The predicted molar refractivity (Wildman–Crippen MR) is 91.4 cm³/mol. The van der Waals surface area contributed by atoms with Crippen LogP contribution in [0.5, 0.6) is 5.75 Å². The number of ether oxygens (including phenoxy) is 1. The van der Waals surface area contributed by atoms with E-state index in [1.807, 2.05) is 37.3 Å². The van der Waals surface area contributed by atoms with E-state index < -0.39 is 22.2 Å². The second kappa shape index (κ2) is 6.55. The molecule has 5 nitrogen and oxygen atoms in total. The van der Waals surface area contributed by atoms with Gasteiger partial charge in [0.25, 0.3) is 0 Å². The molecule has 1 aliphatic heterocycles. The Labute approximate surface area is 142 Å². The summed E-state index contributed by atoms with van der Waals surface area (Å²) in [6.45, 7) is 1.95. The molecule has 2 aromatic carbocycles. The van der Waals surface area contributed by atoms with Crippen molar-refractivity contribution in [3.63, 3.8) is 0 Å². The average molecular weight is 347 g/mol. The highest BCUT2D eigenvalue weighted by Crippen LogP contribution is 2.37. The van der Waals surface area contributed by atoms with E-state index in [1.54, 1.807) is 25.3 Å². The lowest BCUT2D eigenvalue weighted by Crippen LogP contribution is -2.32. The van der Waals surface area contributed by atoms with E-state index in [0.717, 1.165) is 11.1 Å². The minimum atomic E-state index is -3.68. The second-order valence-electron chi connectivity index (χ2n) is 6.07. The lowest BCUT2D eigenvalue weighted by molar-refractivity contribution is 0.188. The fourth-order valence-electron chi connectivity index (χ4n) is 3.11. The van der Waals surface area contributed by atoms with Crippen molar-refractivity contribution in [2.45, 2.75) is 30.4 Å². The molecule has 24 heavy (non-hydrogen) atoms. The fraction of sp³-hybridized carbons (Fsp3) is 0.333. The molecule has 1 fully saturated rings. The van der Waals surface area contributed by atoms with Gasteiger partial charge in [-0.15, -0.1) is 0 Å². The van der Waals surface area contributed by atoms with E-state index in [0.29, 0.717) is 12.2 Å². The van der Waals surface area contributed by atoms with Gasteiger partial charge in [-0.1, -0.05) is 24.3 Å². The maximum absolute atomic E-state index is 13.1. The molecule has 0 spiro atoms. The first-order valence-electron chi connectivity index (χ1n) is 7.82. The fourth-order valence-corrected chi connectivity index (χ4v) is 4.88. The number of rotatable bonds is 4. The molecule has 0 bridgehead atoms. The number of hydrogen-bond donors (Lipinski definition) is 1. The molecule has 2 aromatic rings. The van der Waals surface area contributed by atoms with E-state index >= 15 is 0 Å². The third-order valence-electron chi connectivity index (χ3n) is 4.31. The Morgan fingerprint density at radius 3 is 2.62 bits per heavy atom. The monoisotopic (exact) mass is 347 g/mol. The molecule has 0 saturated carbocycles. The molecule has 1 saturated heterocycles. The highest BCUT2D eigenvalue weighted by atomic mass is 32.2. The summed E-state index contributed by atoms with van der Waals surface area (Å²) in [5, 5.41) is 10.1. The Morgan fingerprint density at radius 1 is 1.17 bits per heavy atom. The van der Waals surface area contributed by atoms with Crippen molar-refractivity contribution in [1.29, 1.82) is 0 Å². The third kappa shape index (κ3) is 3.17. The van der Waals surface area contributed by atoms with Crippen LogP contribution in [0, 0.1) is 6.92 Å². The Bertz CT molecular complexity index is 834. The molecule has 0 radical (unpaired) electrons. The van der Waals surface area contributed by atoms with Crippen LogP contribution in [-0.4, -0.2) is 37.6 Å². The predicted octanol–water partition coefficient (Wildman–Crippen LogP) is 2.50. The van der Waals surface area contributed by atoms with E-state index in [-0.39, 0.29) is 11.4 Å². The summed E-state index contributed by atoms with van der Waals surface area (Å²) in [4.78, 5) is 0.254. The first-order valence-corrected chi connectivity index (χ1v) is 9.26. The molecule has 3 rings (SSSR count). The first kappa shape index (κ1) is 17.0. The van der Waals surface area contributed by atoms with Crippen LogP contribution in [-0.2, 0) is 10.0 Å². The van der Waals surface area contributed by atoms with Crippen LogP contribution < -0.4 is 4.74 Å². The maximum Gasteiger partial charge on any atom is 0.243 e. The van der Waals surface area contributed by atoms with Gasteiger partial charge in [0.1, 0.15) is 5.75 Å². The van der Waals surface area contributed by atoms with Crippen LogP contribution in [0.25, 0.3) is 0 Å². The largest absolute Gasteiger partial charge is 0.497 e. The van der Waals surface area contributed by atoms with Crippen molar-refractivity contribution in [2.24, 2.45) is 0 Å². The molecule has 2 atom stereocenters. The molecular weight excluding hydrogens is 326 g/mol. The molecule has 6 heteroatoms. The molecular formula is C18H21NO4S. The summed E-state index contributed by atoms with van der Waals surface area (Å²) in [6, 6.07) is 13.8. The second-order valence-corrected chi connectivity index (χ2v) is 7.96. The molecule has 0 aromatic heterocycles. The number of benzene rings is 2. The molecule has 1 heterocycles. The smallest absolute Gasteiger partial charge is 0.243 e. The highest BCUT2D eigenvalue weighted by Gasteiger charge is 2.40. The Morgan fingerprint density at radius 2 is 1.92 bits per heavy atom. The molecule has 1 N–H and O–H groups in total. The van der Waals surface area contributed by atoms with Crippen LogP contribution in [0.1, 0.15) is 23.6 Å². The molecule has 0 unspecified atom stereocenters. The summed E-state index contributed by atoms with van der Waals surface area (Å²) >= 11 is 0. The zero-order chi connectivity index (χ0) is 17.3. The topological polar surface area (TPSA) is 66.8 Å². The van der Waals surface area contributed by atoms with Gasteiger partial charge in [0, 0.05) is 6.54 Å². The standard InChI is InChI=1S/C18H21NO4S/c1-13-5-3-8-17(9-13)24(21,22)19-12-15(20)11-18(19)14-6-4-7-16(10-14)23-2/h3-10,15,18,20H,11-12H2,1-2H3/t15-,18-/m1/s1. The summed E-state index contributed by atoms with van der Waals surface area (Å²) in [7, 11) is -2.11. The van der Waals surface area contributed by atoms with Gasteiger partial charge in [-0.05, 0) is 48.7 Å². The molecule has 1 aliphatic rings. The van der Waals surface area contributed by atoms with E-state index in [1.165, 1.54) is 4.31 Å².